The molecule has 19 heavy (non-hydrogen) atoms. The Morgan fingerprint density at radius 2 is 2.16 bits per heavy atom. The average molecular weight is 284 g/mol. The lowest BCUT2D eigenvalue weighted by Gasteiger charge is -2.35. The summed E-state index contributed by atoms with van der Waals surface area (Å²) in [5.41, 5.74) is 2.18. The van der Waals surface area contributed by atoms with E-state index < -0.39 is 0 Å². The smallest absolute Gasteiger partial charge is 0.0847 e. The molecule has 0 spiro atoms. The van der Waals surface area contributed by atoms with Crippen LogP contribution in [-0.2, 0) is 13.0 Å². The van der Waals surface area contributed by atoms with E-state index in [1.54, 1.807) is 0 Å². The molecule has 0 bridgehead atoms. The van der Waals surface area contributed by atoms with Crippen LogP contribution in [-0.4, -0.2) is 22.9 Å². The van der Waals surface area contributed by atoms with Gasteiger partial charge in [-0.3, -0.25) is 4.68 Å². The van der Waals surface area contributed by atoms with Crippen molar-refractivity contribution < 1.29 is 0 Å². The largest absolute Gasteiger partial charge is 0.317 e. The number of rotatable bonds is 4. The molecule has 3 nitrogen and oxygen atoms in total. The minimum absolute atomic E-state index is 0.618. The molecule has 0 aliphatic heterocycles. The Kier molecular flexibility index (Phi) is 4.91. The van der Waals surface area contributed by atoms with Crippen LogP contribution < -0.4 is 5.32 Å². The number of aryl methyl sites for hydroxylation is 2. The number of hydrogen-bond donors (Lipinski definition) is 1. The molecule has 4 heteroatoms. The highest BCUT2D eigenvalue weighted by atomic mass is 35.5. The van der Waals surface area contributed by atoms with E-state index in [0.717, 1.165) is 29.6 Å². The molecule has 1 aromatic rings. The third kappa shape index (κ3) is 3.14. The fraction of sp³-hybridized carbons (Fsp3) is 0.800. The first kappa shape index (κ1) is 14.9. The van der Waals surface area contributed by atoms with E-state index in [0.29, 0.717) is 12.0 Å². The maximum Gasteiger partial charge on any atom is 0.0847 e. The van der Waals surface area contributed by atoms with E-state index >= 15 is 0 Å². The van der Waals surface area contributed by atoms with E-state index in [1.807, 2.05) is 6.92 Å². The molecule has 0 radical (unpaired) electrons. The minimum atomic E-state index is 0.618. The molecule has 1 fully saturated rings. The van der Waals surface area contributed by atoms with Crippen molar-refractivity contribution in [2.24, 2.45) is 11.8 Å². The number of hydrogen-bond acceptors (Lipinski definition) is 2. The van der Waals surface area contributed by atoms with Gasteiger partial charge in [-0.05, 0) is 58.4 Å². The van der Waals surface area contributed by atoms with E-state index in [-0.39, 0.29) is 0 Å². The van der Waals surface area contributed by atoms with Gasteiger partial charge in [-0.15, -0.1) is 0 Å². The third-order valence-electron chi connectivity index (χ3n) is 4.52. The topological polar surface area (TPSA) is 29.9 Å². The van der Waals surface area contributed by atoms with Crippen molar-refractivity contribution in [3.05, 3.63) is 16.4 Å². The Hall–Kier alpha value is -0.540. The summed E-state index contributed by atoms with van der Waals surface area (Å²) in [6, 6.07) is 0.618. The molecule has 1 aliphatic carbocycles. The van der Waals surface area contributed by atoms with Crippen LogP contribution in [0.15, 0.2) is 0 Å². The molecule has 1 heterocycles. The Balaban J connectivity index is 2.18. The van der Waals surface area contributed by atoms with Crippen LogP contribution in [0.3, 0.4) is 0 Å². The van der Waals surface area contributed by atoms with E-state index in [4.69, 9.17) is 11.6 Å². The summed E-state index contributed by atoms with van der Waals surface area (Å²) in [5, 5.41) is 8.88. The summed E-state index contributed by atoms with van der Waals surface area (Å²) in [7, 11) is 2.08. The van der Waals surface area contributed by atoms with Gasteiger partial charge in [-0.2, -0.15) is 5.10 Å². The van der Waals surface area contributed by atoms with Crippen LogP contribution in [0.5, 0.6) is 0 Å². The van der Waals surface area contributed by atoms with Gasteiger partial charge in [0, 0.05) is 12.6 Å². The number of nitrogens with one attached hydrogen (secondary N) is 1. The first-order chi connectivity index (χ1) is 9.06. The van der Waals surface area contributed by atoms with Gasteiger partial charge in [0.2, 0.25) is 0 Å². The fourth-order valence-electron chi connectivity index (χ4n) is 3.42. The van der Waals surface area contributed by atoms with Crippen LogP contribution in [0.2, 0.25) is 5.02 Å². The quantitative estimate of drug-likeness (QED) is 0.917. The summed E-state index contributed by atoms with van der Waals surface area (Å²) in [6.07, 6.45) is 4.94. The van der Waals surface area contributed by atoms with Crippen molar-refractivity contribution in [1.82, 2.24) is 15.1 Å². The minimum Gasteiger partial charge on any atom is -0.317 e. The van der Waals surface area contributed by atoms with Crippen LogP contribution in [0.4, 0.5) is 0 Å². The Morgan fingerprint density at radius 1 is 1.42 bits per heavy atom. The highest BCUT2D eigenvalue weighted by Gasteiger charge is 2.29. The predicted octanol–water partition coefficient (Wildman–Crippen LogP) is 3.43. The Morgan fingerprint density at radius 3 is 2.79 bits per heavy atom. The van der Waals surface area contributed by atoms with Crippen molar-refractivity contribution in [2.45, 2.75) is 59.0 Å². The summed E-state index contributed by atoms with van der Waals surface area (Å²) < 4.78 is 2.07. The highest BCUT2D eigenvalue weighted by Crippen LogP contribution is 2.33. The molecule has 1 aromatic heterocycles. The standard InChI is InChI=1S/C15H26ClN3/c1-5-19-14(15(16)11(3)18-19)9-12-8-10(2)6-7-13(12)17-4/h10,12-13,17H,5-9H2,1-4H3. The van der Waals surface area contributed by atoms with Crippen molar-refractivity contribution in [1.29, 1.82) is 0 Å². The number of halogens is 1. The molecular formula is C15H26ClN3. The maximum absolute atomic E-state index is 6.44. The molecule has 1 saturated carbocycles. The van der Waals surface area contributed by atoms with Gasteiger partial charge in [0.1, 0.15) is 0 Å². The third-order valence-corrected chi connectivity index (χ3v) is 5.02. The van der Waals surface area contributed by atoms with Crippen molar-refractivity contribution in [3.8, 4) is 0 Å². The van der Waals surface area contributed by atoms with E-state index in [1.165, 1.54) is 25.0 Å². The molecule has 3 atom stereocenters. The van der Waals surface area contributed by atoms with E-state index in [2.05, 4.69) is 36.0 Å². The summed E-state index contributed by atoms with van der Waals surface area (Å²) >= 11 is 6.44. The Bertz CT molecular complexity index is 427. The molecule has 1 aliphatic rings. The molecular weight excluding hydrogens is 258 g/mol. The van der Waals surface area contributed by atoms with Crippen LogP contribution >= 0.6 is 11.6 Å². The Labute approximate surface area is 121 Å². The lowest BCUT2D eigenvalue weighted by molar-refractivity contribution is 0.217. The molecule has 0 aromatic carbocycles. The summed E-state index contributed by atoms with van der Waals surface area (Å²) in [5.74, 6) is 1.50. The zero-order chi connectivity index (χ0) is 14.0. The number of aromatic nitrogens is 2. The lowest BCUT2D eigenvalue weighted by Crippen LogP contribution is -2.39. The van der Waals surface area contributed by atoms with Gasteiger partial charge >= 0.3 is 0 Å². The molecule has 2 rings (SSSR count). The molecule has 108 valence electrons. The molecule has 0 saturated heterocycles. The second-order valence-electron chi connectivity index (χ2n) is 5.94. The molecule has 0 amide bonds. The monoisotopic (exact) mass is 283 g/mol. The zero-order valence-electron chi connectivity index (χ0n) is 12.5. The van der Waals surface area contributed by atoms with Crippen molar-refractivity contribution in [3.63, 3.8) is 0 Å². The second-order valence-corrected chi connectivity index (χ2v) is 6.32. The van der Waals surface area contributed by atoms with Crippen LogP contribution in [0.1, 0.15) is 44.5 Å². The van der Waals surface area contributed by atoms with Gasteiger partial charge < -0.3 is 5.32 Å². The van der Waals surface area contributed by atoms with Crippen molar-refractivity contribution >= 4 is 11.6 Å². The average Bonchev–Trinajstić information content (AvgIpc) is 2.67. The zero-order valence-corrected chi connectivity index (χ0v) is 13.3. The summed E-state index contributed by atoms with van der Waals surface area (Å²) in [4.78, 5) is 0. The van der Waals surface area contributed by atoms with Gasteiger partial charge in [-0.1, -0.05) is 18.5 Å². The van der Waals surface area contributed by atoms with Crippen molar-refractivity contribution in [2.75, 3.05) is 7.05 Å². The molecule has 3 unspecified atom stereocenters. The maximum atomic E-state index is 6.44. The van der Waals surface area contributed by atoms with Crippen LogP contribution in [0.25, 0.3) is 0 Å². The van der Waals surface area contributed by atoms with Crippen LogP contribution in [0, 0.1) is 18.8 Å². The highest BCUT2D eigenvalue weighted by molar-refractivity contribution is 6.31. The first-order valence-electron chi connectivity index (χ1n) is 7.45. The van der Waals surface area contributed by atoms with Gasteiger partial charge in [0.05, 0.1) is 16.4 Å². The van der Waals surface area contributed by atoms with Gasteiger partial charge in [0.15, 0.2) is 0 Å². The first-order valence-corrected chi connectivity index (χ1v) is 7.83. The van der Waals surface area contributed by atoms with Gasteiger partial charge in [-0.25, -0.2) is 0 Å². The second kappa shape index (κ2) is 6.27. The normalized spacial score (nSPS) is 27.7. The van der Waals surface area contributed by atoms with Gasteiger partial charge in [0.25, 0.3) is 0 Å². The fourth-order valence-corrected chi connectivity index (χ4v) is 3.63. The molecule has 1 N–H and O–H groups in total. The lowest BCUT2D eigenvalue weighted by atomic mass is 9.76. The SMILES string of the molecule is CCn1nc(C)c(Cl)c1CC1CC(C)CCC1NC. The number of nitrogens with zero attached hydrogens (tertiary/aromatic N) is 2. The predicted molar refractivity (Wildman–Crippen MR) is 80.7 cm³/mol. The van der Waals surface area contributed by atoms with E-state index in [9.17, 15) is 0 Å². The summed E-state index contributed by atoms with van der Waals surface area (Å²) in [6.45, 7) is 7.39.